The Morgan fingerprint density at radius 3 is 2.39 bits per heavy atom. The molecule has 10 nitrogen and oxygen atoms in total. The predicted octanol–water partition coefficient (Wildman–Crippen LogP) is 0.255. The van der Waals surface area contributed by atoms with Gasteiger partial charge >= 0.3 is 0 Å². The van der Waals surface area contributed by atoms with Gasteiger partial charge in [-0.15, -0.1) is 0 Å². The number of hydrogen-bond donors (Lipinski definition) is 4. The second kappa shape index (κ2) is 8.48. The lowest BCUT2D eigenvalue weighted by atomic mass is 9.53. The SMILES string of the molecule is CC(C)(C)NC(=O)C=Cc1ccc(O)c2c1C[C@H]1C[C@H]3CC(=O)C(C(N)=O)C(=O)[C@@]3(O)C(=O)C1C2=O. The minimum Gasteiger partial charge on any atom is -0.507 e. The van der Waals surface area contributed by atoms with Gasteiger partial charge in [-0.1, -0.05) is 6.07 Å². The second-order valence-corrected chi connectivity index (χ2v) is 10.8. The molecule has 0 heterocycles. The third kappa shape index (κ3) is 3.95. The third-order valence-electron chi connectivity index (χ3n) is 7.23. The molecule has 0 saturated heterocycles. The van der Waals surface area contributed by atoms with E-state index >= 15 is 0 Å². The average Bonchev–Trinajstić information content (AvgIpc) is 2.74. The van der Waals surface area contributed by atoms with Crippen molar-refractivity contribution in [2.24, 2.45) is 29.4 Å². The number of hydrogen-bond acceptors (Lipinski definition) is 8. The van der Waals surface area contributed by atoms with E-state index in [0.29, 0.717) is 11.1 Å². The number of aliphatic hydroxyl groups is 1. The number of carbonyl (C=O) groups excluding carboxylic acids is 6. The molecule has 0 bridgehead atoms. The number of fused-ring (bicyclic) bond motifs is 3. The monoisotopic (exact) mass is 496 g/mol. The first-order valence-corrected chi connectivity index (χ1v) is 11.7. The van der Waals surface area contributed by atoms with Crippen LogP contribution >= 0.6 is 0 Å². The summed E-state index contributed by atoms with van der Waals surface area (Å²) in [7, 11) is 0. The molecule has 2 amide bonds. The van der Waals surface area contributed by atoms with Gasteiger partial charge in [-0.05, 0) is 62.8 Å². The van der Waals surface area contributed by atoms with Crippen LogP contribution in [0.3, 0.4) is 0 Å². The molecule has 1 aromatic carbocycles. The van der Waals surface area contributed by atoms with Crippen molar-refractivity contribution < 1.29 is 39.0 Å². The Hall–Kier alpha value is -3.66. The largest absolute Gasteiger partial charge is 0.507 e. The fourth-order valence-electron chi connectivity index (χ4n) is 5.72. The van der Waals surface area contributed by atoms with Gasteiger partial charge in [-0.2, -0.15) is 0 Å². The number of phenols is 1. The van der Waals surface area contributed by atoms with E-state index in [9.17, 15) is 39.0 Å². The van der Waals surface area contributed by atoms with Gasteiger partial charge in [0.2, 0.25) is 11.8 Å². The molecule has 1 aromatic rings. The van der Waals surface area contributed by atoms with Crippen molar-refractivity contribution in [3.63, 3.8) is 0 Å². The quantitative estimate of drug-likeness (QED) is 0.339. The highest BCUT2D eigenvalue weighted by molar-refractivity contribution is 6.31. The number of Topliss-reactive ketones (excluding diaryl/α,β-unsaturated/α-hetero) is 4. The lowest BCUT2D eigenvalue weighted by molar-refractivity contribution is -0.175. The highest BCUT2D eigenvalue weighted by atomic mass is 16.3. The van der Waals surface area contributed by atoms with E-state index in [1.165, 1.54) is 18.2 Å². The molecule has 4 rings (SSSR count). The van der Waals surface area contributed by atoms with Crippen LogP contribution in [0.25, 0.3) is 6.08 Å². The summed E-state index contributed by atoms with van der Waals surface area (Å²) in [4.78, 5) is 76.3. The Balaban J connectivity index is 1.73. The highest BCUT2D eigenvalue weighted by Crippen LogP contribution is 2.50. The molecule has 190 valence electrons. The summed E-state index contributed by atoms with van der Waals surface area (Å²) in [5.41, 5.74) is 2.86. The van der Waals surface area contributed by atoms with E-state index < -0.39 is 70.3 Å². The molecular formula is C26H28N2O8. The first-order chi connectivity index (χ1) is 16.7. The number of nitrogens with two attached hydrogens (primary N) is 1. The van der Waals surface area contributed by atoms with Gasteiger partial charge in [0.15, 0.2) is 34.7 Å². The van der Waals surface area contributed by atoms with Gasteiger partial charge in [0.05, 0.1) is 11.5 Å². The van der Waals surface area contributed by atoms with Crippen LogP contribution in [-0.4, -0.2) is 56.3 Å². The van der Waals surface area contributed by atoms with E-state index in [4.69, 9.17) is 5.73 Å². The van der Waals surface area contributed by atoms with Crippen LogP contribution < -0.4 is 11.1 Å². The van der Waals surface area contributed by atoms with Crippen molar-refractivity contribution >= 4 is 41.0 Å². The Labute approximate surface area is 206 Å². The summed E-state index contributed by atoms with van der Waals surface area (Å²) in [6, 6.07) is 2.82. The molecule has 36 heavy (non-hydrogen) atoms. The predicted molar refractivity (Wildman–Crippen MR) is 125 cm³/mol. The molecule has 2 fully saturated rings. The van der Waals surface area contributed by atoms with Crippen LogP contribution in [0.5, 0.6) is 5.75 Å². The van der Waals surface area contributed by atoms with E-state index in [2.05, 4.69) is 5.32 Å². The lowest BCUT2D eigenvalue weighted by Crippen LogP contribution is -2.68. The van der Waals surface area contributed by atoms with Gasteiger partial charge in [-0.25, -0.2) is 0 Å². The maximum atomic E-state index is 13.5. The Kier molecular flexibility index (Phi) is 5.99. The summed E-state index contributed by atoms with van der Waals surface area (Å²) in [5.74, 6) is -11.0. The van der Waals surface area contributed by atoms with Gasteiger partial charge in [0, 0.05) is 24.0 Å². The summed E-state index contributed by atoms with van der Waals surface area (Å²) in [6.07, 6.45) is 2.57. The van der Waals surface area contributed by atoms with Crippen LogP contribution in [0.1, 0.15) is 55.1 Å². The number of ketones is 4. The molecule has 10 heteroatoms. The van der Waals surface area contributed by atoms with Gasteiger partial charge in [0.25, 0.3) is 0 Å². The topological polar surface area (TPSA) is 181 Å². The van der Waals surface area contributed by atoms with Crippen molar-refractivity contribution in [2.75, 3.05) is 0 Å². The minimum atomic E-state index is -2.68. The number of nitrogens with one attached hydrogen (secondary N) is 1. The molecule has 5 N–H and O–H groups in total. The normalized spacial score (nSPS) is 30.0. The maximum Gasteiger partial charge on any atom is 0.244 e. The zero-order valence-corrected chi connectivity index (χ0v) is 20.2. The number of aromatic hydroxyl groups is 1. The first-order valence-electron chi connectivity index (χ1n) is 11.7. The molecule has 0 aliphatic heterocycles. The number of carbonyl (C=O) groups is 6. The molecule has 0 spiro atoms. The maximum absolute atomic E-state index is 13.5. The van der Waals surface area contributed by atoms with Crippen LogP contribution in [0.15, 0.2) is 18.2 Å². The van der Waals surface area contributed by atoms with Crippen molar-refractivity contribution in [1.82, 2.24) is 5.32 Å². The third-order valence-corrected chi connectivity index (χ3v) is 7.23. The van der Waals surface area contributed by atoms with E-state index in [1.807, 2.05) is 20.8 Å². The number of rotatable bonds is 3. The Morgan fingerprint density at radius 2 is 1.78 bits per heavy atom. The zero-order valence-electron chi connectivity index (χ0n) is 20.2. The average molecular weight is 497 g/mol. The van der Waals surface area contributed by atoms with Crippen molar-refractivity contribution in [3.8, 4) is 5.75 Å². The summed E-state index contributed by atoms with van der Waals surface area (Å²) in [5, 5.41) is 24.5. The summed E-state index contributed by atoms with van der Waals surface area (Å²) < 4.78 is 0. The number of phenolic OH excluding ortho intramolecular Hbond substituents is 1. The fourth-order valence-corrected chi connectivity index (χ4v) is 5.72. The smallest absolute Gasteiger partial charge is 0.244 e. The van der Waals surface area contributed by atoms with Crippen molar-refractivity contribution in [3.05, 3.63) is 34.9 Å². The summed E-state index contributed by atoms with van der Waals surface area (Å²) in [6.45, 7) is 5.48. The number of amides is 2. The Morgan fingerprint density at radius 1 is 1.11 bits per heavy atom. The standard InChI is InChI=1S/C26H28N2O8/c1-25(2,3)28-17(31)7-5-11-4-6-15(29)19-14(11)9-12-8-13-10-16(30)20(24(27)35)23(34)26(13,36)22(33)18(12)21(19)32/h4-7,12-13,18,20,29,36H,8-10H2,1-3H3,(H2,27,35)(H,28,31)/t12-,13+,18?,20?,26+/m1/s1. The molecule has 5 atom stereocenters. The highest BCUT2D eigenvalue weighted by Gasteiger charge is 2.66. The zero-order chi connectivity index (χ0) is 26.7. The van der Waals surface area contributed by atoms with Crippen LogP contribution in [0.4, 0.5) is 0 Å². The fraction of sp³-hybridized carbons (Fsp3) is 0.462. The molecule has 0 radical (unpaired) electrons. The van der Waals surface area contributed by atoms with Gasteiger partial charge < -0.3 is 21.3 Å². The van der Waals surface area contributed by atoms with E-state index in [1.54, 1.807) is 6.07 Å². The minimum absolute atomic E-state index is 0.00433. The number of primary amides is 1. The molecule has 2 saturated carbocycles. The molecule has 3 aliphatic carbocycles. The van der Waals surface area contributed by atoms with Crippen molar-refractivity contribution in [2.45, 2.75) is 51.2 Å². The van der Waals surface area contributed by atoms with Crippen LogP contribution in [0, 0.1) is 23.7 Å². The van der Waals surface area contributed by atoms with E-state index in [0.717, 1.165) is 0 Å². The van der Waals surface area contributed by atoms with Gasteiger partial charge in [0.1, 0.15) is 5.75 Å². The van der Waals surface area contributed by atoms with Gasteiger partial charge in [-0.3, -0.25) is 28.8 Å². The molecule has 0 aromatic heterocycles. The summed E-state index contributed by atoms with van der Waals surface area (Å²) >= 11 is 0. The molecule has 3 aliphatic rings. The molecular weight excluding hydrogens is 468 g/mol. The van der Waals surface area contributed by atoms with Crippen LogP contribution in [-0.2, 0) is 30.4 Å². The van der Waals surface area contributed by atoms with Crippen molar-refractivity contribution in [1.29, 1.82) is 0 Å². The second-order valence-electron chi connectivity index (χ2n) is 10.8. The lowest BCUT2D eigenvalue weighted by Gasteiger charge is -2.48. The molecule has 2 unspecified atom stereocenters. The van der Waals surface area contributed by atoms with E-state index in [-0.39, 0.29) is 30.1 Å². The number of benzene rings is 1. The Bertz CT molecular complexity index is 1260. The van der Waals surface area contributed by atoms with Crippen LogP contribution in [0.2, 0.25) is 0 Å². The first kappa shape index (κ1) is 25.4.